The Balaban J connectivity index is 1.64. The second-order valence-electron chi connectivity index (χ2n) is 15.0. The highest BCUT2D eigenvalue weighted by atomic mass is 16.7. The molecule has 3 amide bonds. The van der Waals surface area contributed by atoms with Gasteiger partial charge in [0.25, 0.3) is 0 Å². The van der Waals surface area contributed by atoms with Gasteiger partial charge in [0.05, 0.1) is 28.6 Å². The molecule has 3 aliphatic rings. The number of phenols is 1. The molecule has 1 aromatic rings. The smallest absolute Gasteiger partial charge is 0.413 e. The fourth-order valence-corrected chi connectivity index (χ4v) is 7.58. The van der Waals surface area contributed by atoms with Gasteiger partial charge in [0, 0.05) is 32.2 Å². The molecule has 1 aromatic carbocycles. The van der Waals surface area contributed by atoms with E-state index in [-0.39, 0.29) is 30.6 Å². The van der Waals surface area contributed by atoms with Gasteiger partial charge in [0.1, 0.15) is 12.3 Å². The number of rotatable bonds is 12. The first-order valence-electron chi connectivity index (χ1n) is 17.4. The van der Waals surface area contributed by atoms with Crippen molar-refractivity contribution in [1.29, 1.82) is 0 Å². The lowest BCUT2D eigenvalue weighted by Crippen LogP contribution is -2.74. The number of amides is 3. The van der Waals surface area contributed by atoms with Gasteiger partial charge < -0.3 is 35.6 Å². The number of hydrogen-bond donors (Lipinski definition) is 4. The summed E-state index contributed by atoms with van der Waals surface area (Å²) in [5, 5.41) is 25.9. The number of nitrogens with one attached hydrogen (secondary N) is 1. The number of hydrogen-bond acceptors (Lipinski definition) is 14. The van der Waals surface area contributed by atoms with Crippen LogP contribution in [0, 0.1) is 29.1 Å². The van der Waals surface area contributed by atoms with Gasteiger partial charge in [-0.1, -0.05) is 13.8 Å². The molecule has 0 spiro atoms. The lowest BCUT2D eigenvalue weighted by atomic mass is 9.52. The Labute approximate surface area is 307 Å². The average Bonchev–Trinajstić information content (AvgIpc) is 3.06. The predicted octanol–water partition coefficient (Wildman–Crippen LogP) is 0.657. The topological polar surface area (TPSA) is 243 Å². The first kappa shape index (κ1) is 40.9. The number of ether oxygens (including phenoxy) is 2. The van der Waals surface area contributed by atoms with Crippen molar-refractivity contribution < 1.29 is 58.0 Å². The molecule has 0 radical (unpaired) electrons. The van der Waals surface area contributed by atoms with Crippen LogP contribution in [-0.4, -0.2) is 127 Å². The van der Waals surface area contributed by atoms with Gasteiger partial charge in [-0.25, -0.2) is 4.79 Å². The van der Waals surface area contributed by atoms with E-state index in [9.17, 15) is 48.6 Å². The van der Waals surface area contributed by atoms with Crippen molar-refractivity contribution >= 4 is 58.4 Å². The van der Waals surface area contributed by atoms with Crippen LogP contribution in [0.25, 0.3) is 0 Å². The first-order chi connectivity index (χ1) is 24.6. The Morgan fingerprint density at radius 2 is 1.68 bits per heavy atom. The largest absolute Gasteiger partial charge is 0.505 e. The minimum absolute atomic E-state index is 0.0251. The quantitative estimate of drug-likeness (QED) is 0.0995. The summed E-state index contributed by atoms with van der Waals surface area (Å²) >= 11 is 0. The molecule has 2 saturated carbocycles. The summed E-state index contributed by atoms with van der Waals surface area (Å²) in [7, 11) is 6.33. The molecule has 0 heterocycles. The molecule has 3 aliphatic carbocycles. The van der Waals surface area contributed by atoms with Crippen LogP contribution in [0.3, 0.4) is 0 Å². The van der Waals surface area contributed by atoms with Crippen molar-refractivity contribution in [3.8, 4) is 5.75 Å². The number of nitrogens with two attached hydrogens (primary N) is 1. The van der Waals surface area contributed by atoms with E-state index >= 15 is 0 Å². The first-order valence-corrected chi connectivity index (χ1v) is 17.4. The van der Waals surface area contributed by atoms with E-state index in [1.165, 1.54) is 25.1 Å². The second-order valence-corrected chi connectivity index (χ2v) is 15.0. The van der Waals surface area contributed by atoms with Gasteiger partial charge in [0.15, 0.2) is 34.7 Å². The van der Waals surface area contributed by atoms with Crippen molar-refractivity contribution in [1.82, 2.24) is 9.80 Å². The molecular weight excluding hydrogens is 694 g/mol. The van der Waals surface area contributed by atoms with Crippen molar-refractivity contribution in [2.45, 2.75) is 65.0 Å². The molecule has 0 aliphatic heterocycles. The van der Waals surface area contributed by atoms with Gasteiger partial charge in [-0.3, -0.25) is 43.4 Å². The maximum absolute atomic E-state index is 14.3. The predicted molar refractivity (Wildman–Crippen MR) is 188 cm³/mol. The number of phenolic OH excluding ortho intramolecular Hbond substituents is 1. The highest BCUT2D eigenvalue weighted by Gasteiger charge is 2.69. The average molecular weight is 744 g/mol. The number of carbonyl (C=O) groups excluding carboxylic acids is 8. The number of nitrogens with zero attached hydrogens (tertiary/aromatic N) is 3. The fourth-order valence-electron chi connectivity index (χ4n) is 7.58. The van der Waals surface area contributed by atoms with Crippen molar-refractivity contribution in [2.24, 2.45) is 34.8 Å². The molecule has 2 fully saturated rings. The molecule has 5 N–H and O–H groups in total. The monoisotopic (exact) mass is 743 g/mol. The summed E-state index contributed by atoms with van der Waals surface area (Å²) in [6.07, 6.45) is -0.0961. The van der Waals surface area contributed by atoms with E-state index in [2.05, 4.69) is 5.32 Å². The molecule has 290 valence electrons. The summed E-state index contributed by atoms with van der Waals surface area (Å²) in [6, 6.07) is 0.204. The summed E-state index contributed by atoms with van der Waals surface area (Å²) in [5.41, 5.74) is 1.94. The van der Waals surface area contributed by atoms with Crippen LogP contribution in [0.4, 0.5) is 16.2 Å². The number of benzene rings is 1. The third kappa shape index (κ3) is 7.23. The van der Waals surface area contributed by atoms with Crippen LogP contribution in [0.1, 0.15) is 62.9 Å². The molecule has 4 rings (SSSR count). The molecule has 0 bridgehead atoms. The maximum atomic E-state index is 14.3. The molecule has 17 heteroatoms. The number of anilines is 2. The zero-order valence-corrected chi connectivity index (χ0v) is 31.3. The number of aromatic hydroxyl groups is 1. The Morgan fingerprint density at radius 1 is 1.04 bits per heavy atom. The minimum Gasteiger partial charge on any atom is -0.505 e. The van der Waals surface area contributed by atoms with E-state index in [0.29, 0.717) is 24.1 Å². The van der Waals surface area contributed by atoms with Crippen LogP contribution in [0.15, 0.2) is 6.07 Å². The van der Waals surface area contributed by atoms with Crippen molar-refractivity contribution in [3.63, 3.8) is 0 Å². The Kier molecular flexibility index (Phi) is 11.7. The number of esters is 1. The molecule has 17 nitrogen and oxygen atoms in total. The van der Waals surface area contributed by atoms with Gasteiger partial charge in [0.2, 0.25) is 18.6 Å². The SMILES string of the molecule is CCCN(CC(=O)Nc1cc(N(C)C)c2c(c1O)C(=O)C1C(=O)[C@]3(O)C(=O)C(C(N)=O)C(=O)[C@@H](N(C)C)[C@@H]3C[C@@H]1C2)C(=O)OCOC(=O)C(C)(C)CC. The van der Waals surface area contributed by atoms with Gasteiger partial charge in [-0.15, -0.1) is 0 Å². The minimum atomic E-state index is -2.88. The molecule has 2 unspecified atom stereocenters. The number of Topliss-reactive ketones (excluding diaryl/α,β-unsaturated/α-hetero) is 4. The number of aliphatic hydroxyl groups is 1. The van der Waals surface area contributed by atoms with E-state index in [1.54, 1.807) is 39.8 Å². The van der Waals surface area contributed by atoms with Gasteiger partial charge >= 0.3 is 12.1 Å². The summed E-state index contributed by atoms with van der Waals surface area (Å²) in [5.74, 6) is -13.5. The molecule has 0 aromatic heterocycles. The normalized spacial score (nSPS) is 25.2. The zero-order chi connectivity index (χ0) is 39.9. The van der Waals surface area contributed by atoms with Crippen LogP contribution >= 0.6 is 0 Å². The van der Waals surface area contributed by atoms with Gasteiger partial charge in [-0.05, 0) is 71.2 Å². The lowest BCUT2D eigenvalue weighted by molar-refractivity contribution is -0.181. The maximum Gasteiger partial charge on any atom is 0.413 e. The number of primary amides is 1. The van der Waals surface area contributed by atoms with Crippen molar-refractivity contribution in [3.05, 3.63) is 17.2 Å². The number of ketones is 4. The summed E-state index contributed by atoms with van der Waals surface area (Å²) in [4.78, 5) is 110. The Hall–Kier alpha value is -4.90. The summed E-state index contributed by atoms with van der Waals surface area (Å²) in [6.45, 7) is 5.81. The molecule has 53 heavy (non-hydrogen) atoms. The Morgan fingerprint density at radius 3 is 2.23 bits per heavy atom. The van der Waals surface area contributed by atoms with E-state index in [1.807, 2.05) is 6.92 Å². The lowest BCUT2D eigenvalue weighted by Gasteiger charge is -2.52. The van der Waals surface area contributed by atoms with E-state index in [0.717, 1.165) is 4.90 Å². The molecule has 0 saturated heterocycles. The van der Waals surface area contributed by atoms with E-state index in [4.69, 9.17) is 15.2 Å². The zero-order valence-electron chi connectivity index (χ0n) is 31.3. The second kappa shape index (κ2) is 15.2. The van der Waals surface area contributed by atoms with Crippen LogP contribution in [0.5, 0.6) is 5.75 Å². The van der Waals surface area contributed by atoms with Crippen molar-refractivity contribution in [2.75, 3.05) is 58.3 Å². The highest BCUT2D eigenvalue weighted by molar-refractivity contribution is 6.32. The standard InChI is InChI=1S/C36H49N5O12/c1-9-11-41(34(50)53-16-52-33(49)35(3,4)10-2)15-22(42)38-20-14-21(39(5)6)18-12-17-13-19-26(40(7)8)29(45)25(32(37)48)31(47)36(19,51)30(46)23(17)28(44)24(18)27(20)43/h14,17,19,23,25-26,43,51H,9-13,15-16H2,1-8H3,(H2,37,48)(H,38,42)/t17-,19-,23?,25?,26-,36-/m0/s1. The highest BCUT2D eigenvalue weighted by Crippen LogP contribution is 2.52. The van der Waals surface area contributed by atoms with Crippen LogP contribution in [0.2, 0.25) is 0 Å². The molecular formula is C36H49N5O12. The van der Waals surface area contributed by atoms with Crippen LogP contribution < -0.4 is 16.0 Å². The van der Waals surface area contributed by atoms with Gasteiger partial charge in [-0.2, -0.15) is 0 Å². The van der Waals surface area contributed by atoms with Crippen LogP contribution in [-0.2, 0) is 44.7 Å². The third-order valence-electron chi connectivity index (χ3n) is 10.7. The third-order valence-corrected chi connectivity index (χ3v) is 10.7. The van der Waals surface area contributed by atoms with E-state index < -0.39 is 107 Å². The fraction of sp³-hybridized carbons (Fsp3) is 0.611. The summed E-state index contributed by atoms with van der Waals surface area (Å²) < 4.78 is 10.1. The number of fused-ring (bicyclic) bond motifs is 3. The number of likely N-dealkylation sites (N-methyl/N-ethyl adjacent to an activating group) is 1. The Bertz CT molecular complexity index is 1740. The molecule has 6 atom stereocenters. The number of carbonyl (C=O) groups is 8.